The smallest absolute Gasteiger partial charge is 0.334 e. The number of rotatable bonds is 4. The van der Waals surface area contributed by atoms with Gasteiger partial charge in [-0.05, 0) is 44.0 Å². The number of carbonyl (C=O) groups is 2. The minimum atomic E-state index is -4.06. The summed E-state index contributed by atoms with van der Waals surface area (Å²) in [5.41, 5.74) is 3.64. The van der Waals surface area contributed by atoms with Crippen molar-refractivity contribution in [3.05, 3.63) is 64.7 Å². The van der Waals surface area contributed by atoms with E-state index in [0.717, 1.165) is 26.6 Å². The Balaban J connectivity index is 1.96. The van der Waals surface area contributed by atoms with E-state index in [1.165, 1.54) is 24.0 Å². The molecule has 2 aromatic rings. The average Bonchev–Trinajstić information content (AvgIpc) is 2.74. The van der Waals surface area contributed by atoms with Gasteiger partial charge in [0.25, 0.3) is 10.0 Å². The van der Waals surface area contributed by atoms with Crippen molar-refractivity contribution in [1.29, 1.82) is 0 Å². The lowest BCUT2D eigenvalue weighted by Crippen LogP contribution is -2.54. The summed E-state index contributed by atoms with van der Waals surface area (Å²) in [6, 6.07) is 11.7. The number of hydrogen-bond acceptors (Lipinski definition) is 4. The molecule has 1 fully saturated rings. The van der Waals surface area contributed by atoms with E-state index in [-0.39, 0.29) is 17.3 Å². The zero-order valence-corrected chi connectivity index (χ0v) is 19.3. The van der Waals surface area contributed by atoms with Gasteiger partial charge < -0.3 is 9.80 Å². The van der Waals surface area contributed by atoms with Crippen molar-refractivity contribution in [2.45, 2.75) is 39.1 Å². The van der Waals surface area contributed by atoms with Crippen LogP contribution in [0.4, 0.5) is 4.79 Å². The van der Waals surface area contributed by atoms with E-state index in [9.17, 15) is 18.0 Å². The van der Waals surface area contributed by atoms with E-state index in [1.54, 1.807) is 17.0 Å². The fraction of sp³-hybridized carbons (Fsp3) is 0.391. The maximum Gasteiger partial charge on any atom is 0.334 e. The number of urea groups is 1. The Bertz CT molecular complexity index is 1070. The lowest BCUT2D eigenvalue weighted by Gasteiger charge is -2.37. The van der Waals surface area contributed by atoms with Crippen molar-refractivity contribution in [2.75, 3.05) is 26.2 Å². The van der Waals surface area contributed by atoms with Gasteiger partial charge in [0.05, 0.1) is 11.4 Å². The molecule has 0 atom stereocenters. The van der Waals surface area contributed by atoms with Crippen LogP contribution in [0, 0.1) is 20.8 Å². The van der Waals surface area contributed by atoms with E-state index in [2.05, 4.69) is 0 Å². The third-order valence-corrected chi connectivity index (χ3v) is 7.37. The average molecular weight is 444 g/mol. The predicted octanol–water partition coefficient (Wildman–Crippen LogP) is 3.09. The number of aryl methyl sites for hydroxylation is 3. The normalized spacial score (nSPS) is 14.5. The Hall–Kier alpha value is -2.87. The first kappa shape index (κ1) is 22.8. The molecule has 0 aliphatic carbocycles. The Kier molecular flexibility index (Phi) is 6.69. The summed E-state index contributed by atoms with van der Waals surface area (Å²) in [5, 5.41) is 0. The molecule has 0 unspecified atom stereocenters. The van der Waals surface area contributed by atoms with Gasteiger partial charge in [0.2, 0.25) is 5.91 Å². The van der Waals surface area contributed by atoms with Crippen LogP contribution in [0.3, 0.4) is 0 Å². The fourth-order valence-electron chi connectivity index (χ4n) is 3.59. The standard InChI is InChI=1S/C23H29N3O4S/c1-17-6-9-22(10-7-17)31(29,30)26(16-21-15-18(2)5-8-19(21)3)23(28)25-13-11-24(12-14-25)20(4)27/h5-10,15H,11-14,16H2,1-4H3. The second-order valence-electron chi connectivity index (χ2n) is 8.03. The number of benzene rings is 2. The first-order chi connectivity index (χ1) is 14.6. The molecule has 3 amide bonds. The Morgan fingerprint density at radius 2 is 1.42 bits per heavy atom. The molecule has 0 N–H and O–H groups in total. The number of piperazine rings is 1. The topological polar surface area (TPSA) is 78.0 Å². The monoisotopic (exact) mass is 443 g/mol. The first-order valence-corrected chi connectivity index (χ1v) is 11.7. The molecule has 7 nitrogen and oxygen atoms in total. The van der Waals surface area contributed by atoms with Gasteiger partial charge in [-0.3, -0.25) is 4.79 Å². The van der Waals surface area contributed by atoms with Gasteiger partial charge in [0, 0.05) is 33.1 Å². The Morgan fingerprint density at radius 3 is 2.00 bits per heavy atom. The molecule has 0 spiro atoms. The minimum absolute atomic E-state index is 0.0462. The van der Waals surface area contributed by atoms with Crippen molar-refractivity contribution in [2.24, 2.45) is 0 Å². The van der Waals surface area contributed by atoms with Crippen molar-refractivity contribution in [3.8, 4) is 0 Å². The molecule has 1 saturated heterocycles. The SMILES string of the molecule is CC(=O)N1CCN(C(=O)N(Cc2cc(C)ccc2C)S(=O)(=O)c2ccc(C)cc2)CC1. The lowest BCUT2D eigenvalue weighted by molar-refractivity contribution is -0.130. The van der Waals surface area contributed by atoms with Crippen LogP contribution in [0.1, 0.15) is 29.2 Å². The van der Waals surface area contributed by atoms with Gasteiger partial charge in [-0.1, -0.05) is 41.5 Å². The maximum absolute atomic E-state index is 13.5. The number of sulfonamides is 1. The summed E-state index contributed by atoms with van der Waals surface area (Å²) in [6.45, 7) is 8.54. The van der Waals surface area contributed by atoms with Gasteiger partial charge in [-0.25, -0.2) is 17.5 Å². The summed E-state index contributed by atoms with van der Waals surface area (Å²) in [7, 11) is -4.06. The maximum atomic E-state index is 13.5. The van der Waals surface area contributed by atoms with E-state index in [4.69, 9.17) is 0 Å². The fourth-order valence-corrected chi connectivity index (χ4v) is 4.95. The van der Waals surface area contributed by atoms with Crippen molar-refractivity contribution in [1.82, 2.24) is 14.1 Å². The highest BCUT2D eigenvalue weighted by Crippen LogP contribution is 2.23. The summed E-state index contributed by atoms with van der Waals surface area (Å²) < 4.78 is 28.0. The highest BCUT2D eigenvalue weighted by atomic mass is 32.2. The molecule has 31 heavy (non-hydrogen) atoms. The Labute approximate surface area is 184 Å². The summed E-state index contributed by atoms with van der Waals surface area (Å²) in [4.78, 5) is 28.3. The Morgan fingerprint density at radius 1 is 0.871 bits per heavy atom. The number of nitrogens with zero attached hydrogens (tertiary/aromatic N) is 3. The van der Waals surface area contributed by atoms with Crippen LogP contribution in [0.25, 0.3) is 0 Å². The van der Waals surface area contributed by atoms with Gasteiger partial charge >= 0.3 is 6.03 Å². The molecule has 1 aliphatic rings. The highest BCUT2D eigenvalue weighted by molar-refractivity contribution is 7.89. The van der Waals surface area contributed by atoms with Crippen LogP contribution in [-0.2, 0) is 21.4 Å². The molecule has 8 heteroatoms. The number of carbonyl (C=O) groups excluding carboxylic acids is 2. The van der Waals surface area contributed by atoms with Crippen LogP contribution < -0.4 is 0 Å². The first-order valence-electron chi connectivity index (χ1n) is 10.3. The van der Waals surface area contributed by atoms with Crippen molar-refractivity contribution < 1.29 is 18.0 Å². The summed E-state index contributed by atoms with van der Waals surface area (Å²) >= 11 is 0. The second-order valence-corrected chi connectivity index (χ2v) is 9.89. The van der Waals surface area contributed by atoms with E-state index < -0.39 is 16.1 Å². The molecule has 166 valence electrons. The molecule has 0 saturated carbocycles. The molecular weight excluding hydrogens is 414 g/mol. The van der Waals surface area contributed by atoms with E-state index >= 15 is 0 Å². The second kappa shape index (κ2) is 9.09. The van der Waals surface area contributed by atoms with Crippen LogP contribution >= 0.6 is 0 Å². The van der Waals surface area contributed by atoms with Crippen LogP contribution in [0.5, 0.6) is 0 Å². The molecule has 3 rings (SSSR count). The third-order valence-electron chi connectivity index (χ3n) is 5.64. The minimum Gasteiger partial charge on any atom is -0.339 e. The van der Waals surface area contributed by atoms with Gasteiger partial charge in [0.15, 0.2) is 0 Å². The lowest BCUT2D eigenvalue weighted by atomic mass is 10.1. The van der Waals surface area contributed by atoms with Crippen molar-refractivity contribution in [3.63, 3.8) is 0 Å². The van der Waals surface area contributed by atoms with E-state index in [1.807, 2.05) is 39.0 Å². The molecule has 1 aliphatic heterocycles. The highest BCUT2D eigenvalue weighted by Gasteiger charge is 2.34. The molecule has 0 aromatic heterocycles. The largest absolute Gasteiger partial charge is 0.339 e. The summed E-state index contributed by atoms with van der Waals surface area (Å²) in [5.74, 6) is -0.0494. The predicted molar refractivity (Wildman–Crippen MR) is 119 cm³/mol. The quantitative estimate of drug-likeness (QED) is 0.728. The number of hydrogen-bond donors (Lipinski definition) is 0. The zero-order valence-electron chi connectivity index (χ0n) is 18.5. The zero-order chi connectivity index (χ0) is 22.8. The van der Waals surface area contributed by atoms with Crippen LogP contribution in [0.2, 0.25) is 0 Å². The van der Waals surface area contributed by atoms with Crippen LogP contribution in [0.15, 0.2) is 47.4 Å². The molecule has 2 aromatic carbocycles. The van der Waals surface area contributed by atoms with Crippen molar-refractivity contribution >= 4 is 22.0 Å². The van der Waals surface area contributed by atoms with Gasteiger partial charge in [-0.15, -0.1) is 0 Å². The number of amides is 3. The van der Waals surface area contributed by atoms with Gasteiger partial charge in [-0.2, -0.15) is 0 Å². The van der Waals surface area contributed by atoms with Gasteiger partial charge in [0.1, 0.15) is 0 Å². The van der Waals surface area contributed by atoms with Crippen LogP contribution in [-0.4, -0.2) is 60.6 Å². The molecule has 0 bridgehead atoms. The molecule has 1 heterocycles. The molecular formula is C23H29N3O4S. The molecule has 0 radical (unpaired) electrons. The van der Waals surface area contributed by atoms with E-state index in [0.29, 0.717) is 26.2 Å². The third kappa shape index (κ3) is 5.07. The summed E-state index contributed by atoms with van der Waals surface area (Å²) in [6.07, 6.45) is 0.